The zero-order valence-electron chi connectivity index (χ0n) is 14.7. The summed E-state index contributed by atoms with van der Waals surface area (Å²) in [4.78, 5) is 14.9. The summed E-state index contributed by atoms with van der Waals surface area (Å²) in [5, 5.41) is 4.55. The second-order valence-corrected chi connectivity index (χ2v) is 6.13. The molecule has 0 fully saturated rings. The number of nitrogens with zero attached hydrogens (tertiary/aromatic N) is 3. The Morgan fingerprint density at radius 1 is 1.04 bits per heavy atom. The number of amides is 1. The average molecular weight is 333 g/mol. The SMILES string of the molecule is CCCN(Cc1ccccc1)C(=O)c1cc(C)n(-c2ccccc2)n1. The molecule has 1 aromatic heterocycles. The summed E-state index contributed by atoms with van der Waals surface area (Å²) in [5.41, 5.74) is 3.53. The van der Waals surface area contributed by atoms with Crippen LogP contribution in [-0.4, -0.2) is 27.1 Å². The van der Waals surface area contributed by atoms with Crippen LogP contribution in [0.4, 0.5) is 0 Å². The van der Waals surface area contributed by atoms with Crippen molar-refractivity contribution in [2.24, 2.45) is 0 Å². The zero-order valence-corrected chi connectivity index (χ0v) is 14.7. The number of benzene rings is 2. The van der Waals surface area contributed by atoms with Crippen LogP contribution in [0.25, 0.3) is 5.69 Å². The van der Waals surface area contributed by atoms with Crippen LogP contribution in [-0.2, 0) is 6.54 Å². The molecule has 0 bridgehead atoms. The molecule has 0 aliphatic rings. The molecule has 0 saturated carbocycles. The molecule has 0 spiro atoms. The normalized spacial score (nSPS) is 10.6. The third-order valence-electron chi connectivity index (χ3n) is 4.10. The number of carbonyl (C=O) groups is 1. The molecule has 2 aromatic carbocycles. The molecule has 3 rings (SSSR count). The maximum Gasteiger partial charge on any atom is 0.274 e. The number of hydrogen-bond acceptors (Lipinski definition) is 2. The van der Waals surface area contributed by atoms with Gasteiger partial charge in [-0.3, -0.25) is 4.79 Å². The van der Waals surface area contributed by atoms with E-state index in [-0.39, 0.29) is 5.91 Å². The van der Waals surface area contributed by atoms with E-state index in [1.165, 1.54) is 0 Å². The highest BCUT2D eigenvalue weighted by molar-refractivity contribution is 5.92. The van der Waals surface area contributed by atoms with Gasteiger partial charge in [0.25, 0.3) is 5.91 Å². The lowest BCUT2D eigenvalue weighted by Crippen LogP contribution is -2.31. The summed E-state index contributed by atoms with van der Waals surface area (Å²) in [6.45, 7) is 5.37. The summed E-state index contributed by atoms with van der Waals surface area (Å²) in [7, 11) is 0. The first-order valence-electron chi connectivity index (χ1n) is 8.64. The summed E-state index contributed by atoms with van der Waals surface area (Å²) in [5.74, 6) is -0.0246. The van der Waals surface area contributed by atoms with Crippen molar-refractivity contribution in [3.05, 3.63) is 83.7 Å². The molecule has 0 N–H and O–H groups in total. The highest BCUT2D eigenvalue weighted by Gasteiger charge is 2.19. The second-order valence-electron chi connectivity index (χ2n) is 6.13. The van der Waals surface area contributed by atoms with Gasteiger partial charge in [0.1, 0.15) is 0 Å². The van der Waals surface area contributed by atoms with Gasteiger partial charge in [0, 0.05) is 18.8 Å². The average Bonchev–Trinajstić information content (AvgIpc) is 3.04. The Hall–Kier alpha value is -2.88. The number of para-hydroxylation sites is 1. The van der Waals surface area contributed by atoms with Crippen LogP contribution >= 0.6 is 0 Å². The maximum absolute atomic E-state index is 13.0. The van der Waals surface area contributed by atoms with Crippen molar-refractivity contribution in [2.75, 3.05) is 6.54 Å². The summed E-state index contributed by atoms with van der Waals surface area (Å²) in [6.07, 6.45) is 0.914. The minimum atomic E-state index is -0.0246. The van der Waals surface area contributed by atoms with Crippen LogP contribution in [0, 0.1) is 6.92 Å². The zero-order chi connectivity index (χ0) is 17.6. The number of aromatic nitrogens is 2. The highest BCUT2D eigenvalue weighted by atomic mass is 16.2. The van der Waals surface area contributed by atoms with Crippen LogP contribution in [0.5, 0.6) is 0 Å². The second kappa shape index (κ2) is 7.79. The third kappa shape index (κ3) is 3.97. The van der Waals surface area contributed by atoms with Crippen molar-refractivity contribution < 1.29 is 4.79 Å². The lowest BCUT2D eigenvalue weighted by molar-refractivity contribution is 0.0736. The van der Waals surface area contributed by atoms with E-state index in [4.69, 9.17) is 0 Å². The van der Waals surface area contributed by atoms with Crippen molar-refractivity contribution in [3.63, 3.8) is 0 Å². The van der Waals surface area contributed by atoms with Crippen LogP contribution < -0.4 is 0 Å². The first-order chi connectivity index (χ1) is 12.2. The minimum Gasteiger partial charge on any atom is -0.333 e. The number of aryl methyl sites for hydroxylation is 1. The van der Waals surface area contributed by atoms with Gasteiger partial charge in [0.2, 0.25) is 0 Å². The van der Waals surface area contributed by atoms with E-state index in [2.05, 4.69) is 12.0 Å². The standard InChI is InChI=1S/C21H23N3O/c1-3-14-23(16-18-10-6-4-7-11-18)21(25)20-15-17(2)24(22-20)19-12-8-5-9-13-19/h4-13,15H,3,14,16H2,1-2H3. The molecule has 25 heavy (non-hydrogen) atoms. The third-order valence-corrected chi connectivity index (χ3v) is 4.10. The van der Waals surface area contributed by atoms with Gasteiger partial charge >= 0.3 is 0 Å². The summed E-state index contributed by atoms with van der Waals surface area (Å²) < 4.78 is 1.82. The Kier molecular flexibility index (Phi) is 5.29. The molecule has 0 unspecified atom stereocenters. The molecular formula is C21H23N3O. The smallest absolute Gasteiger partial charge is 0.274 e. The van der Waals surface area contributed by atoms with Crippen molar-refractivity contribution in [3.8, 4) is 5.69 Å². The summed E-state index contributed by atoms with van der Waals surface area (Å²) >= 11 is 0. The Morgan fingerprint density at radius 2 is 1.68 bits per heavy atom. The van der Waals surface area contributed by atoms with Gasteiger partial charge < -0.3 is 4.90 Å². The number of rotatable bonds is 6. The maximum atomic E-state index is 13.0. The van der Waals surface area contributed by atoms with Crippen LogP contribution in [0.2, 0.25) is 0 Å². The first kappa shape index (κ1) is 17.0. The summed E-state index contributed by atoms with van der Waals surface area (Å²) in [6, 6.07) is 21.8. The predicted molar refractivity (Wildman–Crippen MR) is 99.8 cm³/mol. The largest absolute Gasteiger partial charge is 0.333 e. The molecule has 4 nitrogen and oxygen atoms in total. The van der Waals surface area contributed by atoms with Crippen molar-refractivity contribution in [1.82, 2.24) is 14.7 Å². The first-order valence-corrected chi connectivity index (χ1v) is 8.64. The molecule has 0 aliphatic carbocycles. The molecular weight excluding hydrogens is 310 g/mol. The lowest BCUT2D eigenvalue weighted by atomic mass is 10.2. The van der Waals surface area contributed by atoms with E-state index in [0.29, 0.717) is 18.8 Å². The predicted octanol–water partition coefficient (Wildman–Crippen LogP) is 4.23. The van der Waals surface area contributed by atoms with Gasteiger partial charge in [-0.25, -0.2) is 4.68 Å². The molecule has 4 heteroatoms. The molecule has 3 aromatic rings. The quantitative estimate of drug-likeness (QED) is 0.677. The van der Waals surface area contributed by atoms with Gasteiger partial charge in [-0.2, -0.15) is 5.10 Å². The number of carbonyl (C=O) groups excluding carboxylic acids is 1. The van der Waals surface area contributed by atoms with Crippen molar-refractivity contribution in [2.45, 2.75) is 26.8 Å². The van der Waals surface area contributed by atoms with Gasteiger partial charge in [0.05, 0.1) is 5.69 Å². The van der Waals surface area contributed by atoms with E-state index in [0.717, 1.165) is 23.4 Å². The molecule has 128 valence electrons. The molecule has 0 radical (unpaired) electrons. The van der Waals surface area contributed by atoms with Crippen LogP contribution in [0.1, 0.15) is 35.1 Å². The lowest BCUT2D eigenvalue weighted by Gasteiger charge is -2.21. The van der Waals surface area contributed by atoms with Crippen molar-refractivity contribution in [1.29, 1.82) is 0 Å². The number of hydrogen-bond donors (Lipinski definition) is 0. The van der Waals surface area contributed by atoms with Crippen LogP contribution in [0.3, 0.4) is 0 Å². The van der Waals surface area contributed by atoms with E-state index in [1.807, 2.05) is 83.2 Å². The topological polar surface area (TPSA) is 38.1 Å². The van der Waals surface area contributed by atoms with Gasteiger partial charge in [-0.1, -0.05) is 55.5 Å². The monoisotopic (exact) mass is 333 g/mol. The van der Waals surface area contributed by atoms with E-state index >= 15 is 0 Å². The van der Waals surface area contributed by atoms with Crippen LogP contribution in [0.15, 0.2) is 66.7 Å². The molecule has 0 atom stereocenters. The fourth-order valence-electron chi connectivity index (χ4n) is 2.90. The van der Waals surface area contributed by atoms with Gasteiger partial charge in [0.15, 0.2) is 5.69 Å². The molecule has 1 heterocycles. The van der Waals surface area contributed by atoms with Gasteiger partial charge in [-0.05, 0) is 37.1 Å². The highest BCUT2D eigenvalue weighted by Crippen LogP contribution is 2.15. The van der Waals surface area contributed by atoms with Crippen molar-refractivity contribution >= 4 is 5.91 Å². The van der Waals surface area contributed by atoms with E-state index in [1.54, 1.807) is 0 Å². The molecule has 0 aliphatic heterocycles. The molecule has 1 amide bonds. The van der Waals surface area contributed by atoms with Gasteiger partial charge in [-0.15, -0.1) is 0 Å². The fraction of sp³-hybridized carbons (Fsp3) is 0.238. The Morgan fingerprint density at radius 3 is 2.32 bits per heavy atom. The fourth-order valence-corrected chi connectivity index (χ4v) is 2.90. The Labute approximate surface area is 148 Å². The minimum absolute atomic E-state index is 0.0246. The Balaban J connectivity index is 1.85. The van der Waals surface area contributed by atoms with E-state index in [9.17, 15) is 4.79 Å². The molecule has 0 saturated heterocycles. The van der Waals surface area contributed by atoms with E-state index < -0.39 is 0 Å². The Bertz CT molecular complexity index is 825.